The highest BCUT2D eigenvalue weighted by atomic mass is 79.9. The van der Waals surface area contributed by atoms with Crippen LogP contribution in [0.3, 0.4) is 0 Å². The lowest BCUT2D eigenvalue weighted by Gasteiger charge is -2.27. The van der Waals surface area contributed by atoms with E-state index in [-0.39, 0.29) is 11.8 Å². The summed E-state index contributed by atoms with van der Waals surface area (Å²) in [6.07, 6.45) is 0.539. The summed E-state index contributed by atoms with van der Waals surface area (Å²) in [5.74, 6) is -0.211. The molecule has 1 N–H and O–H groups in total. The van der Waals surface area contributed by atoms with Crippen LogP contribution in [0.5, 0.6) is 5.75 Å². The second-order valence-corrected chi connectivity index (χ2v) is 6.80. The number of hydrogen-bond acceptors (Lipinski definition) is 4. The van der Waals surface area contributed by atoms with Crippen molar-refractivity contribution >= 4 is 33.5 Å². The number of amides is 1. The Hall–Kier alpha value is -2.34. The molecular formula is C19H18BrNO4. The van der Waals surface area contributed by atoms with Crippen molar-refractivity contribution in [2.24, 2.45) is 0 Å². The molecule has 25 heavy (non-hydrogen) atoms. The monoisotopic (exact) mass is 403 g/mol. The van der Waals surface area contributed by atoms with Crippen molar-refractivity contribution in [3.63, 3.8) is 0 Å². The predicted molar refractivity (Wildman–Crippen MR) is 98.3 cm³/mol. The fourth-order valence-corrected chi connectivity index (χ4v) is 3.68. The number of rotatable bonds is 3. The second-order valence-electron chi connectivity index (χ2n) is 5.94. The summed E-state index contributed by atoms with van der Waals surface area (Å²) in [4.78, 5) is 24.5. The number of methoxy groups -OCH3 is 2. The lowest BCUT2D eigenvalue weighted by molar-refractivity contribution is -0.117. The molecule has 0 saturated heterocycles. The molecule has 0 fully saturated rings. The molecule has 2 aromatic carbocycles. The third-order valence-electron chi connectivity index (χ3n) is 4.46. The van der Waals surface area contributed by atoms with Crippen LogP contribution in [0.2, 0.25) is 0 Å². The van der Waals surface area contributed by atoms with Crippen LogP contribution in [0, 0.1) is 6.92 Å². The van der Waals surface area contributed by atoms with Gasteiger partial charge in [0.15, 0.2) is 0 Å². The lowest BCUT2D eigenvalue weighted by atomic mass is 9.84. The molecule has 3 rings (SSSR count). The van der Waals surface area contributed by atoms with Gasteiger partial charge in [-0.05, 0) is 48.2 Å². The molecule has 2 aromatic rings. The fraction of sp³-hybridized carbons (Fsp3) is 0.263. The van der Waals surface area contributed by atoms with Crippen molar-refractivity contribution in [3.8, 4) is 5.75 Å². The van der Waals surface area contributed by atoms with Crippen LogP contribution in [0.15, 0.2) is 34.8 Å². The number of ether oxygens (including phenoxy) is 2. The van der Waals surface area contributed by atoms with Crippen LogP contribution in [0.25, 0.3) is 0 Å². The van der Waals surface area contributed by atoms with Crippen molar-refractivity contribution < 1.29 is 19.1 Å². The molecule has 0 aromatic heterocycles. The molecule has 0 aliphatic carbocycles. The highest BCUT2D eigenvalue weighted by Crippen LogP contribution is 2.39. The first-order valence-corrected chi connectivity index (χ1v) is 8.60. The maximum Gasteiger partial charge on any atom is 0.337 e. The van der Waals surface area contributed by atoms with E-state index in [1.54, 1.807) is 19.2 Å². The van der Waals surface area contributed by atoms with Gasteiger partial charge in [0.05, 0.1) is 25.7 Å². The van der Waals surface area contributed by atoms with E-state index in [0.717, 1.165) is 26.9 Å². The van der Waals surface area contributed by atoms with Crippen molar-refractivity contribution in [2.75, 3.05) is 19.5 Å². The Balaban J connectivity index is 2.03. The topological polar surface area (TPSA) is 64.6 Å². The van der Waals surface area contributed by atoms with E-state index in [2.05, 4.69) is 21.2 Å². The molecule has 1 aliphatic heterocycles. The Labute approximate surface area is 154 Å². The zero-order valence-electron chi connectivity index (χ0n) is 14.2. The zero-order valence-corrected chi connectivity index (χ0v) is 15.8. The average molecular weight is 404 g/mol. The van der Waals surface area contributed by atoms with Crippen LogP contribution in [-0.2, 0) is 16.0 Å². The SMILES string of the molecule is COC(=O)c1ccc(C)c(C2Cc3c(Br)cc(OC)cc3NC2=O)c1. The van der Waals surface area contributed by atoms with Crippen LogP contribution < -0.4 is 10.1 Å². The first-order chi connectivity index (χ1) is 11.9. The Morgan fingerprint density at radius 3 is 2.68 bits per heavy atom. The predicted octanol–water partition coefficient (Wildman–Crippen LogP) is 3.83. The number of anilines is 1. The van der Waals surface area contributed by atoms with E-state index in [0.29, 0.717) is 17.7 Å². The van der Waals surface area contributed by atoms with Gasteiger partial charge in [0.1, 0.15) is 5.75 Å². The Morgan fingerprint density at radius 1 is 1.24 bits per heavy atom. The van der Waals surface area contributed by atoms with Gasteiger partial charge in [-0.15, -0.1) is 0 Å². The molecule has 1 aliphatic rings. The smallest absolute Gasteiger partial charge is 0.337 e. The standard InChI is InChI=1S/C19H18BrNO4/c1-10-4-5-11(19(23)25-3)6-13(10)14-9-15-16(20)7-12(24-2)8-17(15)21-18(14)22/h4-8,14H,9H2,1-3H3,(H,21,22). The van der Waals surface area contributed by atoms with Gasteiger partial charge in [0, 0.05) is 16.2 Å². The number of benzene rings is 2. The first kappa shape index (κ1) is 17.5. The quantitative estimate of drug-likeness (QED) is 0.790. The molecule has 0 bridgehead atoms. The molecule has 0 saturated carbocycles. The number of carbonyl (C=O) groups excluding carboxylic acids is 2. The molecular weight excluding hydrogens is 386 g/mol. The minimum absolute atomic E-state index is 0.0993. The largest absolute Gasteiger partial charge is 0.497 e. The minimum Gasteiger partial charge on any atom is -0.497 e. The summed E-state index contributed by atoms with van der Waals surface area (Å²) < 4.78 is 10.9. The molecule has 1 atom stereocenters. The number of nitrogens with one attached hydrogen (secondary N) is 1. The summed E-state index contributed by atoms with van der Waals surface area (Å²) in [7, 11) is 2.93. The molecule has 1 amide bonds. The molecule has 0 radical (unpaired) electrons. The van der Waals surface area contributed by atoms with Crippen molar-refractivity contribution in [3.05, 3.63) is 57.1 Å². The number of aryl methyl sites for hydroxylation is 1. The van der Waals surface area contributed by atoms with Gasteiger partial charge < -0.3 is 14.8 Å². The van der Waals surface area contributed by atoms with Gasteiger partial charge in [0.25, 0.3) is 0 Å². The summed E-state index contributed by atoms with van der Waals surface area (Å²) in [5.41, 5.74) is 3.98. The van der Waals surface area contributed by atoms with E-state index < -0.39 is 5.97 Å². The molecule has 5 nitrogen and oxygen atoms in total. The van der Waals surface area contributed by atoms with Gasteiger partial charge in [-0.25, -0.2) is 4.79 Å². The normalized spacial score (nSPS) is 16.0. The Morgan fingerprint density at radius 2 is 2.00 bits per heavy atom. The van der Waals surface area contributed by atoms with Gasteiger partial charge in [-0.3, -0.25) is 4.79 Å². The zero-order chi connectivity index (χ0) is 18.1. The van der Waals surface area contributed by atoms with Gasteiger partial charge in [-0.1, -0.05) is 22.0 Å². The molecule has 1 heterocycles. The Kier molecular flexibility index (Phi) is 4.81. The third-order valence-corrected chi connectivity index (χ3v) is 5.17. The maximum absolute atomic E-state index is 12.7. The van der Waals surface area contributed by atoms with Crippen molar-refractivity contribution in [1.82, 2.24) is 0 Å². The summed E-state index contributed by atoms with van der Waals surface area (Å²) in [6, 6.07) is 8.98. The van der Waals surface area contributed by atoms with E-state index in [1.807, 2.05) is 25.1 Å². The fourth-order valence-electron chi connectivity index (χ4n) is 3.08. The maximum atomic E-state index is 12.7. The lowest BCUT2D eigenvalue weighted by Crippen LogP contribution is -2.29. The highest BCUT2D eigenvalue weighted by molar-refractivity contribution is 9.10. The van der Waals surface area contributed by atoms with Crippen molar-refractivity contribution in [2.45, 2.75) is 19.3 Å². The minimum atomic E-state index is -0.413. The van der Waals surface area contributed by atoms with E-state index in [1.165, 1.54) is 7.11 Å². The summed E-state index contributed by atoms with van der Waals surface area (Å²) in [5, 5.41) is 2.95. The van der Waals surface area contributed by atoms with Gasteiger partial charge in [0.2, 0.25) is 5.91 Å². The van der Waals surface area contributed by atoms with Gasteiger partial charge >= 0.3 is 5.97 Å². The second kappa shape index (κ2) is 6.88. The number of esters is 1. The van der Waals surface area contributed by atoms with E-state index >= 15 is 0 Å². The summed E-state index contributed by atoms with van der Waals surface area (Å²) in [6.45, 7) is 1.93. The molecule has 6 heteroatoms. The van der Waals surface area contributed by atoms with Crippen LogP contribution in [-0.4, -0.2) is 26.1 Å². The van der Waals surface area contributed by atoms with Crippen LogP contribution in [0.4, 0.5) is 5.69 Å². The first-order valence-electron chi connectivity index (χ1n) is 7.80. The number of halogens is 1. The van der Waals surface area contributed by atoms with Crippen LogP contribution in [0.1, 0.15) is 33.0 Å². The average Bonchev–Trinajstić information content (AvgIpc) is 2.61. The number of fused-ring (bicyclic) bond motifs is 1. The highest BCUT2D eigenvalue weighted by Gasteiger charge is 2.31. The molecule has 1 unspecified atom stereocenters. The van der Waals surface area contributed by atoms with Crippen molar-refractivity contribution in [1.29, 1.82) is 0 Å². The number of carbonyl (C=O) groups is 2. The third kappa shape index (κ3) is 3.26. The van der Waals surface area contributed by atoms with Crippen LogP contribution >= 0.6 is 15.9 Å². The molecule has 130 valence electrons. The van der Waals surface area contributed by atoms with E-state index in [4.69, 9.17) is 9.47 Å². The van der Waals surface area contributed by atoms with E-state index in [9.17, 15) is 9.59 Å². The Bertz CT molecular complexity index is 863. The summed E-state index contributed by atoms with van der Waals surface area (Å²) >= 11 is 3.56. The molecule has 0 spiro atoms. The number of hydrogen-bond donors (Lipinski definition) is 1. The van der Waals surface area contributed by atoms with Gasteiger partial charge in [-0.2, -0.15) is 0 Å².